The fourth-order valence-corrected chi connectivity index (χ4v) is 1.58. The van der Waals surface area contributed by atoms with Crippen LogP contribution in [0.25, 0.3) is 0 Å². The fourth-order valence-electron chi connectivity index (χ4n) is 1.43. The molecule has 0 unspecified atom stereocenters. The van der Waals surface area contributed by atoms with Crippen LogP contribution in [0.2, 0.25) is 5.15 Å². The van der Waals surface area contributed by atoms with E-state index < -0.39 is 11.7 Å². The fraction of sp³-hybridized carbons (Fsp3) is 0.167. The van der Waals surface area contributed by atoms with Crippen molar-refractivity contribution in [2.45, 2.75) is 12.7 Å². The molecule has 0 spiro atoms. The quantitative estimate of drug-likeness (QED) is 0.934. The number of halogens is 4. The highest BCUT2D eigenvalue weighted by atomic mass is 35.5. The predicted molar refractivity (Wildman–Crippen MR) is 65.8 cm³/mol. The summed E-state index contributed by atoms with van der Waals surface area (Å²) in [6.07, 6.45) is -1.44. The van der Waals surface area contributed by atoms with Gasteiger partial charge in [0.15, 0.2) is 0 Å². The summed E-state index contributed by atoms with van der Waals surface area (Å²) >= 11 is 5.66. The van der Waals surface area contributed by atoms with E-state index in [4.69, 9.17) is 11.6 Å². The lowest BCUT2D eigenvalue weighted by molar-refractivity contribution is -0.137. The maximum absolute atomic E-state index is 12.4. The van der Waals surface area contributed by atoms with Crippen molar-refractivity contribution in [2.24, 2.45) is 0 Å². The molecule has 0 aliphatic rings. The van der Waals surface area contributed by atoms with E-state index in [-0.39, 0.29) is 5.15 Å². The highest BCUT2D eigenvalue weighted by Gasteiger charge is 2.29. The van der Waals surface area contributed by atoms with Gasteiger partial charge in [-0.1, -0.05) is 23.7 Å². The van der Waals surface area contributed by atoms with Crippen LogP contribution in [0.4, 0.5) is 19.0 Å². The first-order valence-corrected chi connectivity index (χ1v) is 5.70. The number of aromatic nitrogens is 2. The van der Waals surface area contributed by atoms with E-state index in [1.807, 2.05) is 0 Å². The van der Waals surface area contributed by atoms with E-state index in [0.717, 1.165) is 12.1 Å². The van der Waals surface area contributed by atoms with E-state index in [9.17, 15) is 13.2 Å². The molecule has 0 radical (unpaired) electrons. The first-order chi connectivity index (χ1) is 8.95. The van der Waals surface area contributed by atoms with E-state index in [1.54, 1.807) is 0 Å². The van der Waals surface area contributed by atoms with Crippen LogP contribution < -0.4 is 5.32 Å². The minimum atomic E-state index is -4.32. The lowest BCUT2D eigenvalue weighted by Crippen LogP contribution is -2.06. The van der Waals surface area contributed by atoms with Crippen LogP contribution >= 0.6 is 11.6 Å². The minimum absolute atomic E-state index is 0.248. The molecule has 100 valence electrons. The average Bonchev–Trinajstić information content (AvgIpc) is 2.36. The summed E-state index contributed by atoms with van der Waals surface area (Å²) in [5, 5.41) is 3.17. The van der Waals surface area contributed by atoms with Crippen LogP contribution in [0.3, 0.4) is 0 Å². The summed E-state index contributed by atoms with van der Waals surface area (Å²) in [6.45, 7) is 0.340. The van der Waals surface area contributed by atoms with Gasteiger partial charge < -0.3 is 5.32 Å². The van der Waals surface area contributed by atoms with Crippen LogP contribution in [0.15, 0.2) is 36.7 Å². The average molecular weight is 288 g/mol. The monoisotopic (exact) mass is 287 g/mol. The van der Waals surface area contributed by atoms with Crippen LogP contribution in [0, 0.1) is 0 Å². The summed E-state index contributed by atoms with van der Waals surface area (Å²) in [5.41, 5.74) is 0.0357. The van der Waals surface area contributed by atoms with Crippen molar-refractivity contribution in [3.63, 3.8) is 0 Å². The zero-order chi connectivity index (χ0) is 13.9. The van der Waals surface area contributed by atoms with E-state index in [2.05, 4.69) is 15.3 Å². The molecule has 0 fully saturated rings. The number of benzene rings is 1. The van der Waals surface area contributed by atoms with Crippen molar-refractivity contribution in [1.82, 2.24) is 9.97 Å². The Morgan fingerprint density at radius 2 is 1.79 bits per heavy atom. The van der Waals surface area contributed by atoms with Gasteiger partial charge in [0.25, 0.3) is 0 Å². The second-order valence-electron chi connectivity index (χ2n) is 3.78. The molecule has 0 atom stereocenters. The number of hydrogen-bond acceptors (Lipinski definition) is 3. The van der Waals surface area contributed by atoms with Crippen LogP contribution in [-0.4, -0.2) is 9.97 Å². The maximum Gasteiger partial charge on any atom is 0.416 e. The lowest BCUT2D eigenvalue weighted by atomic mass is 10.1. The molecule has 1 aromatic heterocycles. The summed E-state index contributed by atoms with van der Waals surface area (Å²) in [6, 6.07) is 4.91. The molecule has 2 aromatic rings. The van der Waals surface area contributed by atoms with Crippen LogP contribution in [0.1, 0.15) is 11.1 Å². The number of anilines is 1. The van der Waals surface area contributed by atoms with Crippen molar-refractivity contribution in [3.8, 4) is 0 Å². The zero-order valence-corrected chi connectivity index (χ0v) is 10.3. The standard InChI is InChI=1S/C12H9ClF3N3/c13-10-6-17-7-11(19-10)18-5-8-1-3-9(4-2-8)12(14,15)16/h1-4,6-7H,5H2,(H,18,19). The molecular formula is C12H9ClF3N3. The second-order valence-corrected chi connectivity index (χ2v) is 4.16. The smallest absolute Gasteiger partial charge is 0.365 e. The van der Waals surface area contributed by atoms with E-state index >= 15 is 0 Å². The minimum Gasteiger partial charge on any atom is -0.365 e. The Morgan fingerprint density at radius 3 is 2.37 bits per heavy atom. The molecule has 1 N–H and O–H groups in total. The molecule has 0 saturated carbocycles. The Morgan fingerprint density at radius 1 is 1.11 bits per heavy atom. The van der Waals surface area contributed by atoms with Crippen molar-refractivity contribution in [3.05, 3.63) is 52.9 Å². The molecule has 0 saturated heterocycles. The Labute approximate surface area is 112 Å². The van der Waals surface area contributed by atoms with Gasteiger partial charge in [-0.25, -0.2) is 4.98 Å². The molecule has 2 rings (SSSR count). The molecule has 0 bridgehead atoms. The van der Waals surface area contributed by atoms with Gasteiger partial charge in [-0.15, -0.1) is 0 Å². The van der Waals surface area contributed by atoms with Gasteiger partial charge in [-0.3, -0.25) is 4.98 Å². The van der Waals surface area contributed by atoms with Gasteiger partial charge in [0.05, 0.1) is 18.0 Å². The number of nitrogens with zero attached hydrogens (tertiary/aromatic N) is 2. The van der Waals surface area contributed by atoms with E-state index in [0.29, 0.717) is 17.9 Å². The van der Waals surface area contributed by atoms with Crippen molar-refractivity contribution in [1.29, 1.82) is 0 Å². The number of hydrogen-bond donors (Lipinski definition) is 1. The third-order valence-electron chi connectivity index (χ3n) is 2.36. The van der Waals surface area contributed by atoms with Gasteiger partial charge in [0, 0.05) is 6.54 Å². The molecule has 1 aromatic carbocycles. The van der Waals surface area contributed by atoms with Crippen molar-refractivity contribution >= 4 is 17.4 Å². The van der Waals surface area contributed by atoms with Crippen LogP contribution in [0.5, 0.6) is 0 Å². The largest absolute Gasteiger partial charge is 0.416 e. The molecule has 0 aliphatic carbocycles. The number of alkyl halides is 3. The normalized spacial score (nSPS) is 11.4. The first-order valence-electron chi connectivity index (χ1n) is 5.33. The molecule has 7 heteroatoms. The SMILES string of the molecule is FC(F)(F)c1ccc(CNc2cncc(Cl)n2)cc1. The highest BCUT2D eigenvalue weighted by molar-refractivity contribution is 6.29. The number of nitrogens with one attached hydrogen (secondary N) is 1. The number of rotatable bonds is 3. The Kier molecular flexibility index (Phi) is 3.90. The molecule has 0 aliphatic heterocycles. The summed E-state index contributed by atoms with van der Waals surface area (Å²) in [7, 11) is 0. The van der Waals surface area contributed by atoms with Gasteiger partial charge in [0.2, 0.25) is 0 Å². The topological polar surface area (TPSA) is 37.8 Å². The Balaban J connectivity index is 2.01. The second kappa shape index (κ2) is 5.44. The third-order valence-corrected chi connectivity index (χ3v) is 2.54. The highest BCUT2D eigenvalue weighted by Crippen LogP contribution is 2.29. The predicted octanol–water partition coefficient (Wildman–Crippen LogP) is 3.76. The van der Waals surface area contributed by atoms with Crippen LogP contribution in [-0.2, 0) is 12.7 Å². The van der Waals surface area contributed by atoms with Crippen molar-refractivity contribution in [2.75, 3.05) is 5.32 Å². The molecule has 1 heterocycles. The maximum atomic E-state index is 12.4. The first kappa shape index (κ1) is 13.6. The van der Waals surface area contributed by atoms with E-state index in [1.165, 1.54) is 24.5 Å². The summed E-state index contributed by atoms with van der Waals surface area (Å²) in [4.78, 5) is 7.79. The molecular weight excluding hydrogens is 279 g/mol. The van der Waals surface area contributed by atoms with Gasteiger partial charge >= 0.3 is 6.18 Å². The van der Waals surface area contributed by atoms with Gasteiger partial charge in [-0.2, -0.15) is 13.2 Å². The molecule has 0 amide bonds. The molecule has 3 nitrogen and oxygen atoms in total. The van der Waals surface area contributed by atoms with Gasteiger partial charge in [-0.05, 0) is 17.7 Å². The molecule has 19 heavy (non-hydrogen) atoms. The zero-order valence-electron chi connectivity index (χ0n) is 9.58. The third kappa shape index (κ3) is 3.82. The lowest BCUT2D eigenvalue weighted by Gasteiger charge is -2.08. The summed E-state index contributed by atoms with van der Waals surface area (Å²) < 4.78 is 37.1. The Bertz CT molecular complexity index is 555. The van der Waals surface area contributed by atoms with Gasteiger partial charge in [0.1, 0.15) is 11.0 Å². The summed E-state index contributed by atoms with van der Waals surface area (Å²) in [5.74, 6) is 0.465. The Hall–Kier alpha value is -1.82. The van der Waals surface area contributed by atoms with Crippen molar-refractivity contribution < 1.29 is 13.2 Å².